The molecule has 0 spiro atoms. The second-order valence-electron chi connectivity index (χ2n) is 4.05. The number of nitrogens with zero attached hydrogens (tertiary/aromatic N) is 2. The van der Waals surface area contributed by atoms with E-state index in [-0.39, 0.29) is 11.7 Å². The summed E-state index contributed by atoms with van der Waals surface area (Å²) >= 11 is 0. The molecule has 1 aromatic heterocycles. The molecule has 1 aliphatic rings. The van der Waals surface area contributed by atoms with Crippen LogP contribution in [0.25, 0.3) is 0 Å². The predicted molar refractivity (Wildman–Crippen MR) is 59.1 cm³/mol. The Balaban J connectivity index is 2.16. The third-order valence-electron chi connectivity index (χ3n) is 2.92. The van der Waals surface area contributed by atoms with Gasteiger partial charge in [-0.25, -0.2) is 0 Å². The molecule has 15 heavy (non-hydrogen) atoms. The van der Waals surface area contributed by atoms with Gasteiger partial charge in [0.15, 0.2) is 0 Å². The van der Waals surface area contributed by atoms with E-state index >= 15 is 0 Å². The first-order chi connectivity index (χ1) is 7.16. The summed E-state index contributed by atoms with van der Waals surface area (Å²) in [6.07, 6.45) is 3.18. The van der Waals surface area contributed by atoms with Gasteiger partial charge in [-0.15, -0.1) is 0 Å². The topological polar surface area (TPSA) is 45.5 Å². The number of rotatable bonds is 1. The normalized spacial score (nSPS) is 18.1. The second kappa shape index (κ2) is 4.06. The van der Waals surface area contributed by atoms with Crippen LogP contribution in [0.4, 0.5) is 5.69 Å². The maximum atomic E-state index is 11.4. The summed E-state index contributed by atoms with van der Waals surface area (Å²) in [7, 11) is 1.74. The zero-order valence-electron chi connectivity index (χ0n) is 8.89. The van der Waals surface area contributed by atoms with Crippen molar-refractivity contribution in [1.82, 2.24) is 4.57 Å². The molecule has 2 heterocycles. The van der Waals surface area contributed by atoms with Crippen LogP contribution in [0, 0.1) is 0 Å². The van der Waals surface area contributed by atoms with Crippen molar-refractivity contribution >= 4 is 5.69 Å². The van der Waals surface area contributed by atoms with E-state index in [1.807, 2.05) is 6.07 Å². The number of piperidine rings is 1. The SMILES string of the molecule is Cn1ccc(N2CCC(O)CC2)cc1=O. The Kier molecular flexibility index (Phi) is 2.77. The quantitative estimate of drug-likeness (QED) is 0.724. The molecule has 0 bridgehead atoms. The molecule has 4 nitrogen and oxygen atoms in total. The molecule has 82 valence electrons. The number of pyridine rings is 1. The summed E-state index contributed by atoms with van der Waals surface area (Å²) in [5.41, 5.74) is 0.976. The molecule has 0 aromatic carbocycles. The number of aliphatic hydroxyl groups is 1. The van der Waals surface area contributed by atoms with Crippen LogP contribution in [-0.4, -0.2) is 28.9 Å². The van der Waals surface area contributed by atoms with Crippen LogP contribution in [0.3, 0.4) is 0 Å². The van der Waals surface area contributed by atoms with Gasteiger partial charge in [-0.1, -0.05) is 0 Å². The molecule has 4 heteroatoms. The van der Waals surface area contributed by atoms with Crippen molar-refractivity contribution < 1.29 is 5.11 Å². The number of aryl methyl sites for hydroxylation is 1. The molecule has 0 saturated carbocycles. The minimum Gasteiger partial charge on any atom is -0.393 e. The van der Waals surface area contributed by atoms with Crippen LogP contribution < -0.4 is 10.5 Å². The molecule has 1 aliphatic heterocycles. The molecule has 0 unspecified atom stereocenters. The van der Waals surface area contributed by atoms with Gasteiger partial charge < -0.3 is 14.6 Å². The highest BCUT2D eigenvalue weighted by molar-refractivity contribution is 5.45. The van der Waals surface area contributed by atoms with Gasteiger partial charge in [0.1, 0.15) is 0 Å². The summed E-state index contributed by atoms with van der Waals surface area (Å²) in [6.45, 7) is 1.66. The fraction of sp³-hybridized carbons (Fsp3) is 0.545. The fourth-order valence-electron chi connectivity index (χ4n) is 1.86. The van der Waals surface area contributed by atoms with Gasteiger partial charge >= 0.3 is 0 Å². The van der Waals surface area contributed by atoms with E-state index in [0.717, 1.165) is 31.6 Å². The van der Waals surface area contributed by atoms with E-state index in [9.17, 15) is 9.90 Å². The van der Waals surface area contributed by atoms with E-state index in [0.29, 0.717) is 0 Å². The van der Waals surface area contributed by atoms with Crippen LogP contribution in [0.2, 0.25) is 0 Å². The van der Waals surface area contributed by atoms with Crippen molar-refractivity contribution in [2.45, 2.75) is 18.9 Å². The lowest BCUT2D eigenvalue weighted by molar-refractivity contribution is 0.145. The van der Waals surface area contributed by atoms with Gasteiger partial charge in [0.2, 0.25) is 0 Å². The molecule has 0 amide bonds. The highest BCUT2D eigenvalue weighted by Gasteiger charge is 2.17. The summed E-state index contributed by atoms with van der Waals surface area (Å²) in [5, 5.41) is 9.38. The monoisotopic (exact) mass is 208 g/mol. The maximum absolute atomic E-state index is 11.4. The maximum Gasteiger partial charge on any atom is 0.252 e. The standard InChI is InChI=1S/C11H16N2O2/c1-12-5-2-9(8-11(12)15)13-6-3-10(14)4-7-13/h2,5,8,10,14H,3-4,6-7H2,1H3. The van der Waals surface area contributed by atoms with Crippen LogP contribution in [0.1, 0.15) is 12.8 Å². The van der Waals surface area contributed by atoms with Crippen molar-refractivity contribution in [1.29, 1.82) is 0 Å². The fourth-order valence-corrected chi connectivity index (χ4v) is 1.86. The molecule has 0 atom stereocenters. The van der Waals surface area contributed by atoms with Crippen molar-refractivity contribution in [2.24, 2.45) is 7.05 Å². The van der Waals surface area contributed by atoms with Crippen LogP contribution in [0.15, 0.2) is 23.1 Å². The minimum atomic E-state index is -0.173. The average Bonchev–Trinajstić information content (AvgIpc) is 2.23. The van der Waals surface area contributed by atoms with Gasteiger partial charge in [0.25, 0.3) is 5.56 Å². The summed E-state index contributed by atoms with van der Waals surface area (Å²) in [5.74, 6) is 0. The minimum absolute atomic E-state index is 0.0126. The largest absolute Gasteiger partial charge is 0.393 e. The first-order valence-electron chi connectivity index (χ1n) is 5.26. The van der Waals surface area contributed by atoms with Gasteiger partial charge in [0, 0.05) is 38.1 Å². The van der Waals surface area contributed by atoms with Crippen LogP contribution in [0.5, 0.6) is 0 Å². The van der Waals surface area contributed by atoms with Crippen molar-refractivity contribution in [3.05, 3.63) is 28.7 Å². The van der Waals surface area contributed by atoms with Crippen molar-refractivity contribution in [3.63, 3.8) is 0 Å². The zero-order chi connectivity index (χ0) is 10.8. The van der Waals surface area contributed by atoms with E-state index in [1.54, 1.807) is 23.9 Å². The van der Waals surface area contributed by atoms with Crippen molar-refractivity contribution in [2.75, 3.05) is 18.0 Å². The summed E-state index contributed by atoms with van der Waals surface area (Å²) in [4.78, 5) is 13.6. The van der Waals surface area contributed by atoms with Crippen LogP contribution in [-0.2, 0) is 7.05 Å². The third kappa shape index (κ3) is 2.21. The molecule has 0 aliphatic carbocycles. The number of aliphatic hydroxyl groups excluding tert-OH is 1. The number of hydrogen-bond donors (Lipinski definition) is 1. The number of aromatic nitrogens is 1. The van der Waals surface area contributed by atoms with E-state index < -0.39 is 0 Å². The van der Waals surface area contributed by atoms with Crippen molar-refractivity contribution in [3.8, 4) is 0 Å². The average molecular weight is 208 g/mol. The molecule has 1 aromatic rings. The van der Waals surface area contributed by atoms with E-state index in [1.165, 1.54) is 0 Å². The molecular formula is C11H16N2O2. The van der Waals surface area contributed by atoms with E-state index in [4.69, 9.17) is 0 Å². The number of anilines is 1. The van der Waals surface area contributed by atoms with Gasteiger partial charge in [-0.2, -0.15) is 0 Å². The summed E-state index contributed by atoms with van der Waals surface area (Å²) in [6, 6.07) is 3.59. The Morgan fingerprint density at radius 2 is 2.07 bits per heavy atom. The smallest absolute Gasteiger partial charge is 0.252 e. The highest BCUT2D eigenvalue weighted by atomic mass is 16.3. The van der Waals surface area contributed by atoms with Gasteiger partial charge in [-0.3, -0.25) is 4.79 Å². The molecule has 1 fully saturated rings. The first kappa shape index (κ1) is 10.2. The number of hydrogen-bond acceptors (Lipinski definition) is 3. The molecule has 1 N–H and O–H groups in total. The molecule has 2 rings (SSSR count). The Morgan fingerprint density at radius 3 is 2.67 bits per heavy atom. The molecule has 1 saturated heterocycles. The second-order valence-corrected chi connectivity index (χ2v) is 4.05. The Bertz CT molecular complexity index is 392. The molecule has 0 radical (unpaired) electrons. The Labute approximate surface area is 88.8 Å². The van der Waals surface area contributed by atoms with E-state index in [2.05, 4.69) is 4.90 Å². The predicted octanol–water partition coefficient (Wildman–Crippen LogP) is 0.346. The zero-order valence-corrected chi connectivity index (χ0v) is 8.89. The Hall–Kier alpha value is -1.29. The first-order valence-corrected chi connectivity index (χ1v) is 5.26. The lowest BCUT2D eigenvalue weighted by Crippen LogP contribution is -2.36. The molecular weight excluding hydrogens is 192 g/mol. The van der Waals surface area contributed by atoms with Gasteiger partial charge in [-0.05, 0) is 18.9 Å². The summed E-state index contributed by atoms with van der Waals surface area (Å²) < 4.78 is 1.56. The Morgan fingerprint density at radius 1 is 1.40 bits per heavy atom. The van der Waals surface area contributed by atoms with Gasteiger partial charge in [0.05, 0.1) is 6.10 Å². The third-order valence-corrected chi connectivity index (χ3v) is 2.92. The highest BCUT2D eigenvalue weighted by Crippen LogP contribution is 2.17. The lowest BCUT2D eigenvalue weighted by Gasteiger charge is -2.31. The lowest BCUT2D eigenvalue weighted by atomic mass is 10.1. The van der Waals surface area contributed by atoms with Crippen LogP contribution >= 0.6 is 0 Å².